The van der Waals surface area contributed by atoms with Crippen molar-refractivity contribution in [1.29, 1.82) is 0 Å². The highest BCUT2D eigenvalue weighted by molar-refractivity contribution is 5.83. The lowest BCUT2D eigenvalue weighted by molar-refractivity contribution is -0.141. The second-order valence-electron chi connectivity index (χ2n) is 6.27. The van der Waals surface area contributed by atoms with Gasteiger partial charge in [0, 0.05) is 12.8 Å². The maximum atomic E-state index is 12.0. The molecule has 0 heterocycles. The van der Waals surface area contributed by atoms with Gasteiger partial charge in [0.1, 0.15) is 11.8 Å². The molecule has 0 fully saturated rings. The minimum Gasteiger partial charge on any atom is -0.494 e. The SMILES string of the molecule is Cc1cccc(OCCCCC(=O)NC(Cc2ccccc2)C(=O)O)c1. The lowest BCUT2D eigenvalue weighted by Crippen LogP contribution is -2.42. The van der Waals surface area contributed by atoms with Crippen LogP contribution in [0.5, 0.6) is 5.75 Å². The van der Waals surface area contributed by atoms with Crippen LogP contribution in [0.3, 0.4) is 0 Å². The van der Waals surface area contributed by atoms with E-state index in [1.54, 1.807) is 0 Å². The number of carbonyl (C=O) groups is 2. The predicted octanol–water partition coefficient (Wildman–Crippen LogP) is 3.36. The average molecular weight is 355 g/mol. The number of nitrogens with one attached hydrogen (secondary N) is 1. The molecule has 2 N–H and O–H groups in total. The largest absolute Gasteiger partial charge is 0.494 e. The Kier molecular flexibility index (Phi) is 7.68. The summed E-state index contributed by atoms with van der Waals surface area (Å²) in [5, 5.41) is 11.9. The van der Waals surface area contributed by atoms with Gasteiger partial charge in [0.05, 0.1) is 6.61 Å². The fourth-order valence-electron chi connectivity index (χ4n) is 2.60. The zero-order chi connectivity index (χ0) is 18.8. The standard InChI is InChI=1S/C21H25NO4/c1-16-8-7-11-18(14-16)26-13-6-5-12-20(23)22-19(21(24)25)15-17-9-3-2-4-10-17/h2-4,7-11,14,19H,5-6,12-13,15H2,1H3,(H,22,23)(H,24,25). The van der Waals surface area contributed by atoms with Gasteiger partial charge in [-0.2, -0.15) is 0 Å². The van der Waals surface area contributed by atoms with Crippen LogP contribution in [0.15, 0.2) is 54.6 Å². The predicted molar refractivity (Wildman–Crippen MR) is 100 cm³/mol. The van der Waals surface area contributed by atoms with Crippen molar-refractivity contribution in [2.45, 2.75) is 38.6 Å². The molecule has 2 rings (SSSR count). The Labute approximate surface area is 154 Å². The molecule has 0 aromatic heterocycles. The highest BCUT2D eigenvalue weighted by atomic mass is 16.5. The number of amides is 1. The minimum atomic E-state index is -1.02. The quantitative estimate of drug-likeness (QED) is 0.641. The van der Waals surface area contributed by atoms with E-state index in [-0.39, 0.29) is 18.7 Å². The first-order valence-corrected chi connectivity index (χ1v) is 8.80. The van der Waals surface area contributed by atoms with Crippen LogP contribution >= 0.6 is 0 Å². The second kappa shape index (κ2) is 10.2. The number of hydrogen-bond acceptors (Lipinski definition) is 3. The monoisotopic (exact) mass is 355 g/mol. The highest BCUT2D eigenvalue weighted by Crippen LogP contribution is 2.13. The average Bonchev–Trinajstić information content (AvgIpc) is 2.62. The van der Waals surface area contributed by atoms with Gasteiger partial charge < -0.3 is 15.2 Å². The van der Waals surface area contributed by atoms with Crippen LogP contribution in [-0.4, -0.2) is 29.6 Å². The van der Waals surface area contributed by atoms with E-state index in [2.05, 4.69) is 5.32 Å². The second-order valence-corrected chi connectivity index (χ2v) is 6.27. The Morgan fingerprint density at radius 1 is 1.08 bits per heavy atom. The van der Waals surface area contributed by atoms with Crippen molar-refractivity contribution in [2.75, 3.05) is 6.61 Å². The summed E-state index contributed by atoms with van der Waals surface area (Å²) in [7, 11) is 0. The van der Waals surface area contributed by atoms with Crippen molar-refractivity contribution in [3.8, 4) is 5.75 Å². The molecule has 0 bridgehead atoms. The Hall–Kier alpha value is -2.82. The number of hydrogen-bond donors (Lipinski definition) is 2. The molecule has 5 nitrogen and oxygen atoms in total. The molecular weight excluding hydrogens is 330 g/mol. The highest BCUT2D eigenvalue weighted by Gasteiger charge is 2.19. The third kappa shape index (κ3) is 6.97. The maximum Gasteiger partial charge on any atom is 0.326 e. The lowest BCUT2D eigenvalue weighted by Gasteiger charge is -2.14. The number of rotatable bonds is 10. The number of unbranched alkanes of at least 4 members (excludes halogenated alkanes) is 1. The van der Waals surface area contributed by atoms with Gasteiger partial charge >= 0.3 is 5.97 Å². The van der Waals surface area contributed by atoms with E-state index < -0.39 is 12.0 Å². The first kappa shape index (κ1) is 19.5. The molecule has 1 atom stereocenters. The number of carboxylic acids is 1. The van der Waals surface area contributed by atoms with Gasteiger partial charge in [-0.05, 0) is 43.0 Å². The first-order valence-electron chi connectivity index (χ1n) is 8.80. The zero-order valence-electron chi connectivity index (χ0n) is 15.0. The van der Waals surface area contributed by atoms with Crippen molar-refractivity contribution in [2.24, 2.45) is 0 Å². The van der Waals surface area contributed by atoms with Crippen molar-refractivity contribution < 1.29 is 19.4 Å². The Morgan fingerprint density at radius 3 is 2.54 bits per heavy atom. The summed E-state index contributed by atoms with van der Waals surface area (Å²) in [6.45, 7) is 2.54. The van der Waals surface area contributed by atoms with Crippen LogP contribution in [0, 0.1) is 6.92 Å². The van der Waals surface area contributed by atoms with Crippen LogP contribution in [-0.2, 0) is 16.0 Å². The molecule has 2 aromatic carbocycles. The summed E-state index contributed by atoms with van der Waals surface area (Å²) in [4.78, 5) is 23.4. The Balaban J connectivity index is 1.68. The number of carboxylic acid groups (broad SMARTS) is 1. The van der Waals surface area contributed by atoms with Crippen LogP contribution in [0.4, 0.5) is 0 Å². The van der Waals surface area contributed by atoms with Crippen molar-refractivity contribution in [1.82, 2.24) is 5.32 Å². The molecule has 0 aliphatic carbocycles. The summed E-state index contributed by atoms with van der Waals surface area (Å²) >= 11 is 0. The first-order chi connectivity index (χ1) is 12.5. The normalized spacial score (nSPS) is 11.6. The van der Waals surface area contributed by atoms with Crippen LogP contribution in [0.25, 0.3) is 0 Å². The van der Waals surface area contributed by atoms with Crippen molar-refractivity contribution in [3.63, 3.8) is 0 Å². The van der Waals surface area contributed by atoms with Gasteiger partial charge in [-0.25, -0.2) is 4.79 Å². The summed E-state index contributed by atoms with van der Waals surface area (Å²) in [6.07, 6.45) is 1.95. The van der Waals surface area contributed by atoms with E-state index >= 15 is 0 Å². The molecule has 0 aliphatic rings. The van der Waals surface area contributed by atoms with Gasteiger partial charge in [0.2, 0.25) is 5.91 Å². The molecule has 0 saturated heterocycles. The van der Waals surface area contributed by atoms with Gasteiger partial charge in [-0.15, -0.1) is 0 Å². The smallest absolute Gasteiger partial charge is 0.326 e. The Bertz CT molecular complexity index is 715. The fourth-order valence-corrected chi connectivity index (χ4v) is 2.60. The maximum absolute atomic E-state index is 12.0. The molecule has 0 saturated carbocycles. The van der Waals surface area contributed by atoms with Gasteiger partial charge in [-0.1, -0.05) is 42.5 Å². The van der Waals surface area contributed by atoms with Gasteiger partial charge in [0.15, 0.2) is 0 Å². The van der Waals surface area contributed by atoms with E-state index in [0.717, 1.165) is 23.3 Å². The van der Waals surface area contributed by atoms with E-state index in [0.29, 0.717) is 13.0 Å². The Morgan fingerprint density at radius 2 is 1.85 bits per heavy atom. The molecule has 138 valence electrons. The van der Waals surface area contributed by atoms with E-state index in [1.807, 2.05) is 61.5 Å². The van der Waals surface area contributed by atoms with Crippen LogP contribution < -0.4 is 10.1 Å². The summed E-state index contributed by atoms with van der Waals surface area (Å²) in [5.74, 6) is -0.447. The molecule has 26 heavy (non-hydrogen) atoms. The molecular formula is C21H25NO4. The molecule has 0 aliphatic heterocycles. The number of carbonyl (C=O) groups excluding carboxylic acids is 1. The number of benzene rings is 2. The third-order valence-electron chi connectivity index (χ3n) is 3.97. The molecule has 2 aromatic rings. The summed E-state index contributed by atoms with van der Waals surface area (Å²) in [5.41, 5.74) is 2.02. The number of aliphatic carboxylic acids is 1. The van der Waals surface area contributed by atoms with Crippen molar-refractivity contribution >= 4 is 11.9 Å². The van der Waals surface area contributed by atoms with E-state index in [4.69, 9.17) is 4.74 Å². The number of aryl methyl sites for hydroxylation is 1. The van der Waals surface area contributed by atoms with Crippen LogP contribution in [0.2, 0.25) is 0 Å². The minimum absolute atomic E-state index is 0.246. The molecule has 0 radical (unpaired) electrons. The molecule has 0 spiro atoms. The summed E-state index contributed by atoms with van der Waals surface area (Å²) in [6, 6.07) is 16.2. The fraction of sp³-hybridized carbons (Fsp3) is 0.333. The number of ether oxygens (including phenoxy) is 1. The lowest BCUT2D eigenvalue weighted by atomic mass is 10.1. The zero-order valence-corrected chi connectivity index (χ0v) is 15.0. The van der Waals surface area contributed by atoms with E-state index in [1.165, 1.54) is 0 Å². The van der Waals surface area contributed by atoms with Gasteiger partial charge in [0.25, 0.3) is 0 Å². The van der Waals surface area contributed by atoms with Crippen LogP contribution in [0.1, 0.15) is 30.4 Å². The summed E-state index contributed by atoms with van der Waals surface area (Å²) < 4.78 is 5.64. The van der Waals surface area contributed by atoms with Gasteiger partial charge in [-0.3, -0.25) is 4.79 Å². The molecule has 1 amide bonds. The molecule has 5 heteroatoms. The molecule has 1 unspecified atom stereocenters. The third-order valence-corrected chi connectivity index (χ3v) is 3.97. The van der Waals surface area contributed by atoms with E-state index in [9.17, 15) is 14.7 Å². The topological polar surface area (TPSA) is 75.6 Å². The van der Waals surface area contributed by atoms with Crippen molar-refractivity contribution in [3.05, 3.63) is 65.7 Å².